The molecule has 0 radical (unpaired) electrons. The third kappa shape index (κ3) is 4.66. The summed E-state index contributed by atoms with van der Waals surface area (Å²) in [6.45, 7) is 6.05. The average Bonchev–Trinajstić information content (AvgIpc) is 2.36. The molecule has 3 nitrogen and oxygen atoms in total. The summed E-state index contributed by atoms with van der Waals surface area (Å²) >= 11 is 3.44. The predicted molar refractivity (Wildman–Crippen MR) is 70.6 cm³/mol. The van der Waals surface area contributed by atoms with E-state index in [2.05, 4.69) is 15.9 Å². The fourth-order valence-corrected chi connectivity index (χ4v) is 2.36. The summed E-state index contributed by atoms with van der Waals surface area (Å²) in [5, 5.41) is 0. The van der Waals surface area contributed by atoms with Gasteiger partial charge in [0.2, 0.25) is 0 Å². The molecule has 1 saturated heterocycles. The lowest BCUT2D eigenvalue weighted by Gasteiger charge is -2.23. The Balaban J connectivity index is 1.62. The van der Waals surface area contributed by atoms with Crippen molar-refractivity contribution in [2.24, 2.45) is 0 Å². The van der Waals surface area contributed by atoms with Gasteiger partial charge in [0, 0.05) is 10.9 Å². The van der Waals surface area contributed by atoms with Crippen molar-refractivity contribution >= 4 is 15.9 Å². The molecule has 1 N–H and O–H groups in total. The summed E-state index contributed by atoms with van der Waals surface area (Å²) in [6.07, 6.45) is 1.10. The van der Waals surface area contributed by atoms with Crippen LogP contribution in [0.2, 0.25) is 0 Å². The van der Waals surface area contributed by atoms with E-state index in [1.807, 2.05) is 24.3 Å². The molecule has 1 aromatic rings. The number of morpholine rings is 1. The zero-order chi connectivity index (χ0) is 11.9. The minimum atomic E-state index is 0.792. The summed E-state index contributed by atoms with van der Waals surface area (Å²) in [5.74, 6) is 0.941. The largest absolute Gasteiger partial charge is 0.493 e. The number of quaternary nitrogens is 1. The van der Waals surface area contributed by atoms with Gasteiger partial charge in [-0.25, -0.2) is 0 Å². The topological polar surface area (TPSA) is 22.9 Å². The van der Waals surface area contributed by atoms with Crippen LogP contribution in [0, 0.1) is 0 Å². The number of ether oxygens (including phenoxy) is 2. The highest BCUT2D eigenvalue weighted by Crippen LogP contribution is 2.17. The van der Waals surface area contributed by atoms with Crippen LogP contribution in [0.15, 0.2) is 28.7 Å². The number of halogens is 1. The molecule has 0 bridgehead atoms. The van der Waals surface area contributed by atoms with Crippen LogP contribution in [0.5, 0.6) is 5.75 Å². The molecule has 0 saturated carbocycles. The lowest BCUT2D eigenvalue weighted by Crippen LogP contribution is -3.14. The Bertz CT molecular complexity index is 340. The zero-order valence-corrected chi connectivity index (χ0v) is 11.5. The molecule has 94 valence electrons. The molecule has 1 aliphatic rings. The molecule has 0 spiro atoms. The van der Waals surface area contributed by atoms with Crippen LogP contribution in [0.3, 0.4) is 0 Å². The van der Waals surface area contributed by atoms with Gasteiger partial charge in [-0.05, 0) is 18.2 Å². The van der Waals surface area contributed by atoms with E-state index in [4.69, 9.17) is 9.47 Å². The highest BCUT2D eigenvalue weighted by molar-refractivity contribution is 9.10. The summed E-state index contributed by atoms with van der Waals surface area (Å²) < 4.78 is 12.1. The minimum Gasteiger partial charge on any atom is -0.493 e. The molecule has 1 fully saturated rings. The fraction of sp³-hybridized carbons (Fsp3) is 0.538. The second-order valence-electron chi connectivity index (χ2n) is 4.27. The molecule has 2 rings (SSSR count). The van der Waals surface area contributed by atoms with Crippen molar-refractivity contribution < 1.29 is 14.4 Å². The first-order chi connectivity index (χ1) is 8.34. The van der Waals surface area contributed by atoms with E-state index < -0.39 is 0 Å². The zero-order valence-electron chi connectivity index (χ0n) is 9.95. The minimum absolute atomic E-state index is 0.792. The molecular weight excluding hydrogens is 282 g/mol. The van der Waals surface area contributed by atoms with E-state index in [0.29, 0.717) is 0 Å². The SMILES string of the molecule is Brc1cccc(OCCC[NH+]2CCOCC2)c1. The molecule has 0 atom stereocenters. The Labute approximate surface area is 111 Å². The highest BCUT2D eigenvalue weighted by atomic mass is 79.9. The molecule has 0 aromatic heterocycles. The Morgan fingerprint density at radius 1 is 1.29 bits per heavy atom. The van der Waals surface area contributed by atoms with Gasteiger partial charge in [0.1, 0.15) is 18.8 Å². The molecule has 4 heteroatoms. The Morgan fingerprint density at radius 2 is 2.12 bits per heavy atom. The van der Waals surface area contributed by atoms with E-state index in [9.17, 15) is 0 Å². The van der Waals surface area contributed by atoms with Crippen LogP contribution in [0.25, 0.3) is 0 Å². The molecule has 1 heterocycles. The van der Waals surface area contributed by atoms with E-state index in [0.717, 1.165) is 49.6 Å². The van der Waals surface area contributed by atoms with Gasteiger partial charge in [-0.15, -0.1) is 0 Å². The Morgan fingerprint density at radius 3 is 2.88 bits per heavy atom. The van der Waals surface area contributed by atoms with Crippen molar-refractivity contribution in [1.29, 1.82) is 0 Å². The smallest absolute Gasteiger partial charge is 0.120 e. The quantitative estimate of drug-likeness (QED) is 0.824. The first-order valence-corrected chi connectivity index (χ1v) is 6.93. The number of hydrogen-bond acceptors (Lipinski definition) is 2. The summed E-state index contributed by atoms with van der Waals surface area (Å²) in [7, 11) is 0. The third-order valence-electron chi connectivity index (χ3n) is 2.94. The summed E-state index contributed by atoms with van der Waals surface area (Å²) in [6, 6.07) is 7.99. The fourth-order valence-electron chi connectivity index (χ4n) is 1.98. The van der Waals surface area contributed by atoms with Crippen LogP contribution < -0.4 is 9.64 Å². The van der Waals surface area contributed by atoms with E-state index in [1.165, 1.54) is 6.54 Å². The van der Waals surface area contributed by atoms with Gasteiger partial charge in [0.25, 0.3) is 0 Å². The van der Waals surface area contributed by atoms with E-state index in [-0.39, 0.29) is 0 Å². The first-order valence-electron chi connectivity index (χ1n) is 6.14. The number of hydrogen-bond donors (Lipinski definition) is 1. The summed E-state index contributed by atoms with van der Waals surface area (Å²) in [5.41, 5.74) is 0. The monoisotopic (exact) mass is 300 g/mol. The lowest BCUT2D eigenvalue weighted by molar-refractivity contribution is -0.908. The van der Waals surface area contributed by atoms with Crippen LogP contribution in [-0.2, 0) is 4.74 Å². The van der Waals surface area contributed by atoms with Crippen LogP contribution in [0.4, 0.5) is 0 Å². The maximum absolute atomic E-state index is 5.70. The Kier molecular flexibility index (Phi) is 5.29. The predicted octanol–water partition coefficient (Wildman–Crippen LogP) is 1.13. The molecule has 0 aliphatic carbocycles. The van der Waals surface area contributed by atoms with Gasteiger partial charge in [0.05, 0.1) is 26.4 Å². The Hall–Kier alpha value is -0.580. The molecule has 0 unspecified atom stereocenters. The maximum Gasteiger partial charge on any atom is 0.120 e. The van der Waals surface area contributed by atoms with Crippen molar-refractivity contribution in [3.05, 3.63) is 28.7 Å². The second kappa shape index (κ2) is 6.99. The molecule has 17 heavy (non-hydrogen) atoms. The van der Waals surface area contributed by atoms with Crippen LogP contribution in [-0.4, -0.2) is 39.5 Å². The van der Waals surface area contributed by atoms with Crippen LogP contribution in [0.1, 0.15) is 6.42 Å². The van der Waals surface area contributed by atoms with Crippen molar-refractivity contribution in [3.8, 4) is 5.75 Å². The van der Waals surface area contributed by atoms with Crippen LogP contribution >= 0.6 is 15.9 Å². The normalized spacial score (nSPS) is 17.0. The maximum atomic E-state index is 5.70. The van der Waals surface area contributed by atoms with Gasteiger partial charge in [-0.3, -0.25) is 0 Å². The van der Waals surface area contributed by atoms with Crippen molar-refractivity contribution in [3.63, 3.8) is 0 Å². The third-order valence-corrected chi connectivity index (χ3v) is 3.43. The van der Waals surface area contributed by atoms with Crippen molar-refractivity contribution in [2.45, 2.75) is 6.42 Å². The average molecular weight is 301 g/mol. The van der Waals surface area contributed by atoms with Gasteiger partial charge < -0.3 is 14.4 Å². The highest BCUT2D eigenvalue weighted by Gasteiger charge is 2.12. The molecular formula is C13H19BrNO2+. The van der Waals surface area contributed by atoms with Gasteiger partial charge >= 0.3 is 0 Å². The molecule has 1 aromatic carbocycles. The van der Waals surface area contributed by atoms with Gasteiger partial charge in [-0.1, -0.05) is 22.0 Å². The molecule has 1 aliphatic heterocycles. The van der Waals surface area contributed by atoms with Crippen molar-refractivity contribution in [1.82, 2.24) is 0 Å². The number of benzene rings is 1. The standard InChI is InChI=1S/C13H18BrNO2/c14-12-3-1-4-13(11-12)17-8-2-5-15-6-9-16-10-7-15/h1,3-4,11H,2,5-10H2/p+1. The van der Waals surface area contributed by atoms with E-state index >= 15 is 0 Å². The first kappa shape index (κ1) is 12.9. The van der Waals surface area contributed by atoms with Crippen molar-refractivity contribution in [2.75, 3.05) is 39.5 Å². The van der Waals surface area contributed by atoms with Gasteiger partial charge in [-0.2, -0.15) is 0 Å². The number of nitrogens with one attached hydrogen (secondary N) is 1. The second-order valence-corrected chi connectivity index (χ2v) is 5.19. The lowest BCUT2D eigenvalue weighted by atomic mass is 10.3. The summed E-state index contributed by atoms with van der Waals surface area (Å²) in [4.78, 5) is 1.63. The van der Waals surface area contributed by atoms with Gasteiger partial charge in [0.15, 0.2) is 0 Å². The molecule has 0 amide bonds. The van der Waals surface area contributed by atoms with E-state index in [1.54, 1.807) is 4.90 Å². The number of rotatable bonds is 5.